The summed E-state index contributed by atoms with van der Waals surface area (Å²) in [6.45, 7) is 1.68. The number of hydrogen-bond donors (Lipinski definition) is 2. The van der Waals surface area contributed by atoms with Crippen LogP contribution in [0.4, 0.5) is 5.69 Å². The Bertz CT molecular complexity index is 656. The zero-order valence-corrected chi connectivity index (χ0v) is 13.3. The standard InChI is InChI=1S/C16H16BrNO3/c1-10(19)11-4-3-5-13(8-11)18-16(20)14-9-12(17)6-7-15(14)21-2/h3-10,19H,1-2H3,(H,18,20)/t10-/m0/s1. The van der Waals surface area contributed by atoms with Gasteiger partial charge in [-0.15, -0.1) is 0 Å². The van der Waals surface area contributed by atoms with Crippen LogP contribution in [0.1, 0.15) is 28.9 Å². The quantitative estimate of drug-likeness (QED) is 0.883. The highest BCUT2D eigenvalue weighted by atomic mass is 79.9. The number of benzene rings is 2. The summed E-state index contributed by atoms with van der Waals surface area (Å²) in [4.78, 5) is 12.4. The van der Waals surface area contributed by atoms with Gasteiger partial charge in [-0.25, -0.2) is 0 Å². The number of aliphatic hydroxyl groups is 1. The molecule has 0 aromatic heterocycles. The zero-order valence-electron chi connectivity index (χ0n) is 11.8. The van der Waals surface area contributed by atoms with Gasteiger partial charge in [0.15, 0.2) is 0 Å². The lowest BCUT2D eigenvalue weighted by Crippen LogP contribution is -2.13. The van der Waals surface area contributed by atoms with Crippen LogP contribution in [0.15, 0.2) is 46.9 Å². The van der Waals surface area contributed by atoms with E-state index < -0.39 is 6.10 Å². The largest absolute Gasteiger partial charge is 0.496 e. The van der Waals surface area contributed by atoms with Gasteiger partial charge < -0.3 is 15.2 Å². The second-order valence-electron chi connectivity index (χ2n) is 4.60. The maximum absolute atomic E-state index is 12.4. The molecule has 0 saturated carbocycles. The molecular weight excluding hydrogens is 334 g/mol. The van der Waals surface area contributed by atoms with E-state index >= 15 is 0 Å². The van der Waals surface area contributed by atoms with Gasteiger partial charge in [0.1, 0.15) is 5.75 Å². The van der Waals surface area contributed by atoms with E-state index in [4.69, 9.17) is 4.74 Å². The third-order valence-electron chi connectivity index (χ3n) is 3.03. The lowest BCUT2D eigenvalue weighted by molar-refractivity contribution is 0.102. The van der Waals surface area contributed by atoms with E-state index in [1.54, 1.807) is 43.3 Å². The Morgan fingerprint density at radius 1 is 1.29 bits per heavy atom. The van der Waals surface area contributed by atoms with Crippen LogP contribution in [0, 0.1) is 0 Å². The summed E-state index contributed by atoms with van der Waals surface area (Å²) in [6, 6.07) is 12.3. The number of halogens is 1. The fraction of sp³-hybridized carbons (Fsp3) is 0.188. The molecule has 2 aromatic carbocycles. The number of anilines is 1. The van der Waals surface area contributed by atoms with E-state index in [1.807, 2.05) is 6.07 Å². The predicted octanol–water partition coefficient (Wildman–Crippen LogP) is 3.76. The fourth-order valence-corrected chi connectivity index (χ4v) is 2.29. The molecule has 0 radical (unpaired) electrons. The Hall–Kier alpha value is -1.85. The molecule has 21 heavy (non-hydrogen) atoms. The first-order valence-corrected chi connectivity index (χ1v) is 7.23. The number of hydrogen-bond acceptors (Lipinski definition) is 3. The average Bonchev–Trinajstić information content (AvgIpc) is 2.47. The van der Waals surface area contributed by atoms with Crippen molar-refractivity contribution < 1.29 is 14.6 Å². The van der Waals surface area contributed by atoms with Gasteiger partial charge in [-0.3, -0.25) is 4.79 Å². The molecule has 0 aliphatic carbocycles. The number of aliphatic hydroxyl groups excluding tert-OH is 1. The maximum atomic E-state index is 12.4. The third-order valence-corrected chi connectivity index (χ3v) is 3.53. The van der Waals surface area contributed by atoms with Crippen LogP contribution in [0.3, 0.4) is 0 Å². The number of amides is 1. The number of carbonyl (C=O) groups excluding carboxylic acids is 1. The third kappa shape index (κ3) is 3.83. The van der Waals surface area contributed by atoms with Crippen LogP contribution in [-0.2, 0) is 0 Å². The SMILES string of the molecule is COc1ccc(Br)cc1C(=O)Nc1cccc([C@H](C)O)c1. The molecule has 0 fully saturated rings. The minimum Gasteiger partial charge on any atom is -0.496 e. The lowest BCUT2D eigenvalue weighted by Gasteiger charge is -2.11. The molecular formula is C16H16BrNO3. The van der Waals surface area contributed by atoms with Gasteiger partial charge in [-0.1, -0.05) is 28.1 Å². The van der Waals surface area contributed by atoms with Gasteiger partial charge in [0.2, 0.25) is 0 Å². The first-order chi connectivity index (χ1) is 10.0. The molecule has 5 heteroatoms. The number of nitrogens with one attached hydrogen (secondary N) is 1. The van der Waals surface area contributed by atoms with Crippen LogP contribution in [-0.4, -0.2) is 18.1 Å². The molecule has 2 aromatic rings. The Balaban J connectivity index is 2.26. The van der Waals surface area contributed by atoms with Gasteiger partial charge in [-0.05, 0) is 42.8 Å². The molecule has 110 valence electrons. The number of ether oxygens (including phenoxy) is 1. The molecule has 4 nitrogen and oxygen atoms in total. The summed E-state index contributed by atoms with van der Waals surface area (Å²) in [5, 5.41) is 12.4. The Morgan fingerprint density at radius 2 is 2.05 bits per heavy atom. The van der Waals surface area contributed by atoms with Crippen molar-refractivity contribution in [3.05, 3.63) is 58.1 Å². The van der Waals surface area contributed by atoms with Gasteiger partial charge in [0.25, 0.3) is 5.91 Å². The van der Waals surface area contributed by atoms with Crippen LogP contribution >= 0.6 is 15.9 Å². The molecule has 0 heterocycles. The van der Waals surface area contributed by atoms with Gasteiger partial charge >= 0.3 is 0 Å². The Labute approximate surface area is 131 Å². The zero-order chi connectivity index (χ0) is 15.4. The van der Waals surface area contributed by atoms with E-state index in [0.29, 0.717) is 17.0 Å². The second kappa shape index (κ2) is 6.74. The molecule has 2 rings (SSSR count). The highest BCUT2D eigenvalue weighted by Gasteiger charge is 2.13. The summed E-state index contributed by atoms with van der Waals surface area (Å²) in [5.74, 6) is 0.235. The highest BCUT2D eigenvalue weighted by Crippen LogP contribution is 2.24. The highest BCUT2D eigenvalue weighted by molar-refractivity contribution is 9.10. The van der Waals surface area contributed by atoms with Crippen molar-refractivity contribution in [3.8, 4) is 5.75 Å². The van der Waals surface area contributed by atoms with Crippen LogP contribution in [0.25, 0.3) is 0 Å². The van der Waals surface area contributed by atoms with Crippen molar-refractivity contribution in [1.82, 2.24) is 0 Å². The van der Waals surface area contributed by atoms with E-state index in [0.717, 1.165) is 10.0 Å². The second-order valence-corrected chi connectivity index (χ2v) is 5.52. The van der Waals surface area contributed by atoms with Crippen molar-refractivity contribution in [3.63, 3.8) is 0 Å². The average molecular weight is 350 g/mol. The summed E-state index contributed by atoms with van der Waals surface area (Å²) in [7, 11) is 1.52. The van der Waals surface area contributed by atoms with E-state index in [2.05, 4.69) is 21.2 Å². The lowest BCUT2D eigenvalue weighted by atomic mass is 10.1. The van der Waals surface area contributed by atoms with Crippen molar-refractivity contribution >= 4 is 27.5 Å². The molecule has 1 atom stereocenters. The first-order valence-electron chi connectivity index (χ1n) is 6.44. The van der Waals surface area contributed by atoms with Crippen LogP contribution < -0.4 is 10.1 Å². The molecule has 0 aliphatic rings. The molecule has 2 N–H and O–H groups in total. The van der Waals surface area contributed by atoms with Crippen LogP contribution in [0.5, 0.6) is 5.75 Å². The van der Waals surface area contributed by atoms with Crippen molar-refractivity contribution in [2.24, 2.45) is 0 Å². The van der Waals surface area contributed by atoms with Crippen LogP contribution in [0.2, 0.25) is 0 Å². The summed E-state index contributed by atoms with van der Waals surface area (Å²) in [6.07, 6.45) is -0.581. The topological polar surface area (TPSA) is 58.6 Å². The van der Waals surface area contributed by atoms with E-state index in [-0.39, 0.29) is 5.91 Å². The molecule has 0 aliphatic heterocycles. The Kier molecular flexibility index (Phi) is 4.98. The fourth-order valence-electron chi connectivity index (χ4n) is 1.93. The molecule has 0 saturated heterocycles. The molecule has 1 amide bonds. The molecule has 0 unspecified atom stereocenters. The predicted molar refractivity (Wildman–Crippen MR) is 85.7 cm³/mol. The normalized spacial score (nSPS) is 11.8. The van der Waals surface area contributed by atoms with Crippen molar-refractivity contribution in [2.75, 3.05) is 12.4 Å². The summed E-state index contributed by atoms with van der Waals surface area (Å²) >= 11 is 3.34. The first kappa shape index (κ1) is 15.5. The van der Waals surface area contributed by atoms with Crippen molar-refractivity contribution in [2.45, 2.75) is 13.0 Å². The van der Waals surface area contributed by atoms with E-state index in [9.17, 15) is 9.90 Å². The number of carbonyl (C=O) groups is 1. The summed E-state index contributed by atoms with van der Waals surface area (Å²) < 4.78 is 6.00. The van der Waals surface area contributed by atoms with Crippen molar-refractivity contribution in [1.29, 1.82) is 0 Å². The smallest absolute Gasteiger partial charge is 0.259 e. The molecule has 0 bridgehead atoms. The van der Waals surface area contributed by atoms with Gasteiger partial charge in [0, 0.05) is 10.2 Å². The van der Waals surface area contributed by atoms with Gasteiger partial charge in [0.05, 0.1) is 18.8 Å². The summed E-state index contributed by atoms with van der Waals surface area (Å²) in [5.41, 5.74) is 1.81. The van der Waals surface area contributed by atoms with E-state index in [1.165, 1.54) is 7.11 Å². The number of rotatable bonds is 4. The Morgan fingerprint density at radius 3 is 2.71 bits per heavy atom. The number of methoxy groups -OCH3 is 1. The maximum Gasteiger partial charge on any atom is 0.259 e. The van der Waals surface area contributed by atoms with Gasteiger partial charge in [-0.2, -0.15) is 0 Å². The minimum atomic E-state index is -0.581. The monoisotopic (exact) mass is 349 g/mol. The minimum absolute atomic E-state index is 0.268. The molecule has 0 spiro atoms.